The van der Waals surface area contributed by atoms with E-state index in [1.165, 1.54) is 11.3 Å². The summed E-state index contributed by atoms with van der Waals surface area (Å²) in [5, 5.41) is 8.61. The summed E-state index contributed by atoms with van der Waals surface area (Å²) in [7, 11) is 1.62. The summed E-state index contributed by atoms with van der Waals surface area (Å²) < 4.78 is 21.3. The van der Waals surface area contributed by atoms with E-state index >= 15 is 0 Å². The number of thiophene rings is 1. The van der Waals surface area contributed by atoms with Crippen molar-refractivity contribution in [3.05, 3.63) is 93.5 Å². The molecule has 1 N–H and O–H groups in total. The number of nitrogens with one attached hydrogen (secondary N) is 1. The van der Waals surface area contributed by atoms with Crippen LogP contribution in [0, 0.1) is 0 Å². The third kappa shape index (κ3) is 5.92. The average Bonchev–Trinajstić information content (AvgIpc) is 3.71. The van der Waals surface area contributed by atoms with Crippen LogP contribution in [0.15, 0.2) is 70.6 Å². The van der Waals surface area contributed by atoms with Crippen LogP contribution >= 0.6 is 11.3 Å². The molecule has 4 aromatic rings. The molecule has 5 rings (SSSR count). The fourth-order valence-corrected chi connectivity index (χ4v) is 4.56. The topological polar surface area (TPSA) is 103 Å². The van der Waals surface area contributed by atoms with E-state index in [4.69, 9.17) is 18.7 Å². The second-order valence-electron chi connectivity index (χ2n) is 8.35. The van der Waals surface area contributed by atoms with Crippen molar-refractivity contribution in [2.75, 3.05) is 20.4 Å². The zero-order valence-electron chi connectivity index (χ0n) is 20.1. The number of hydrogen-bond acceptors (Lipinski definition) is 8. The fraction of sp³-hybridized carbons (Fsp3) is 0.222. The van der Waals surface area contributed by atoms with Gasteiger partial charge in [0.25, 0.3) is 11.8 Å². The van der Waals surface area contributed by atoms with E-state index in [1.807, 2.05) is 53.9 Å². The van der Waals surface area contributed by atoms with Crippen LogP contribution < -0.4 is 19.5 Å². The van der Waals surface area contributed by atoms with E-state index in [-0.39, 0.29) is 30.8 Å². The van der Waals surface area contributed by atoms with Crippen molar-refractivity contribution in [2.45, 2.75) is 19.5 Å². The highest BCUT2D eigenvalue weighted by Gasteiger charge is 2.21. The van der Waals surface area contributed by atoms with Crippen molar-refractivity contribution in [2.24, 2.45) is 0 Å². The summed E-state index contributed by atoms with van der Waals surface area (Å²) in [6, 6.07) is 18.4. The van der Waals surface area contributed by atoms with Crippen LogP contribution in [-0.2, 0) is 19.5 Å². The van der Waals surface area contributed by atoms with Crippen LogP contribution in [0.5, 0.6) is 17.2 Å². The van der Waals surface area contributed by atoms with Crippen LogP contribution in [-0.4, -0.2) is 42.3 Å². The van der Waals surface area contributed by atoms with E-state index in [0.717, 1.165) is 16.9 Å². The first kappa shape index (κ1) is 24.4. The van der Waals surface area contributed by atoms with Gasteiger partial charge >= 0.3 is 0 Å². The zero-order valence-corrected chi connectivity index (χ0v) is 21.0. The number of amides is 2. The molecule has 0 atom stereocenters. The van der Waals surface area contributed by atoms with E-state index in [0.29, 0.717) is 41.6 Å². The minimum Gasteiger partial charge on any atom is -0.497 e. The quantitative estimate of drug-likeness (QED) is 0.333. The molecule has 2 aromatic carbocycles. The third-order valence-electron chi connectivity index (χ3n) is 5.88. The Bertz CT molecular complexity index is 1370. The first-order valence-electron chi connectivity index (χ1n) is 11.7. The van der Waals surface area contributed by atoms with Crippen molar-refractivity contribution in [1.82, 2.24) is 15.4 Å². The molecule has 3 heterocycles. The number of benzene rings is 2. The zero-order chi connectivity index (χ0) is 25.6. The molecular formula is C27H25N3O6S. The Kier molecular flexibility index (Phi) is 7.36. The minimum atomic E-state index is -0.373. The van der Waals surface area contributed by atoms with Crippen molar-refractivity contribution < 1.29 is 28.3 Å². The number of carbonyl (C=O) groups is 2. The number of hydrogen-bond donors (Lipinski definition) is 1. The highest BCUT2D eigenvalue weighted by Crippen LogP contribution is 2.32. The molecule has 2 aromatic heterocycles. The van der Waals surface area contributed by atoms with E-state index in [2.05, 4.69) is 10.5 Å². The predicted molar refractivity (Wildman–Crippen MR) is 136 cm³/mol. The van der Waals surface area contributed by atoms with Crippen LogP contribution in [0.2, 0.25) is 0 Å². The summed E-state index contributed by atoms with van der Waals surface area (Å²) in [5.41, 5.74) is 2.09. The normalized spacial score (nSPS) is 11.8. The largest absolute Gasteiger partial charge is 0.497 e. The maximum Gasteiger partial charge on any atom is 0.273 e. The van der Waals surface area contributed by atoms with Gasteiger partial charge in [0.05, 0.1) is 18.5 Å². The van der Waals surface area contributed by atoms with Crippen molar-refractivity contribution >= 4 is 23.2 Å². The maximum atomic E-state index is 13.2. The highest BCUT2D eigenvalue weighted by molar-refractivity contribution is 7.12. The number of nitrogens with zero attached hydrogens (tertiary/aromatic N) is 2. The van der Waals surface area contributed by atoms with Gasteiger partial charge in [-0.1, -0.05) is 29.4 Å². The first-order chi connectivity index (χ1) is 18.1. The lowest BCUT2D eigenvalue weighted by molar-refractivity contribution is 0.0733. The predicted octanol–water partition coefficient (Wildman–Crippen LogP) is 4.29. The monoisotopic (exact) mass is 519 g/mol. The van der Waals surface area contributed by atoms with Crippen molar-refractivity contribution in [3.8, 4) is 17.2 Å². The highest BCUT2D eigenvalue weighted by atomic mass is 32.1. The summed E-state index contributed by atoms with van der Waals surface area (Å²) in [6.45, 7) is 1.15. The van der Waals surface area contributed by atoms with Crippen LogP contribution in [0.4, 0.5) is 0 Å². The molecule has 37 heavy (non-hydrogen) atoms. The smallest absolute Gasteiger partial charge is 0.273 e. The van der Waals surface area contributed by atoms with Crippen LogP contribution in [0.3, 0.4) is 0 Å². The van der Waals surface area contributed by atoms with Gasteiger partial charge in [-0.25, -0.2) is 0 Å². The second-order valence-corrected chi connectivity index (χ2v) is 9.30. The average molecular weight is 520 g/mol. The molecule has 10 heteroatoms. The van der Waals surface area contributed by atoms with Gasteiger partial charge in [0.2, 0.25) is 6.79 Å². The molecule has 0 bridgehead atoms. The molecule has 0 saturated carbocycles. The van der Waals surface area contributed by atoms with Crippen LogP contribution in [0.25, 0.3) is 0 Å². The molecule has 1 aliphatic rings. The molecule has 0 fully saturated rings. The van der Waals surface area contributed by atoms with E-state index in [1.54, 1.807) is 24.1 Å². The first-order valence-corrected chi connectivity index (χ1v) is 12.5. The third-order valence-corrected chi connectivity index (χ3v) is 6.73. The lowest BCUT2D eigenvalue weighted by Gasteiger charge is -2.21. The molecule has 2 amide bonds. The number of fused-ring (bicyclic) bond motifs is 1. The molecule has 0 unspecified atom stereocenters. The van der Waals surface area contributed by atoms with Crippen LogP contribution in [0.1, 0.15) is 37.0 Å². The molecule has 0 aliphatic carbocycles. The number of methoxy groups -OCH3 is 1. The summed E-state index contributed by atoms with van der Waals surface area (Å²) in [6.07, 6.45) is 0.651. The summed E-state index contributed by atoms with van der Waals surface area (Å²) in [4.78, 5) is 28.2. The Morgan fingerprint density at radius 2 is 1.86 bits per heavy atom. The van der Waals surface area contributed by atoms with Gasteiger partial charge in [0.1, 0.15) is 5.75 Å². The SMILES string of the molecule is COc1ccc(CCN(Cc2cc(C(=O)NCc3ccc4c(c3)OCO4)no2)C(=O)c2cccs2)cc1. The molecule has 0 spiro atoms. The van der Waals surface area contributed by atoms with Gasteiger partial charge in [0, 0.05) is 19.2 Å². The molecule has 0 saturated heterocycles. The summed E-state index contributed by atoms with van der Waals surface area (Å²) >= 11 is 1.38. The number of carbonyl (C=O) groups excluding carboxylic acids is 2. The summed E-state index contributed by atoms with van der Waals surface area (Å²) in [5.74, 6) is 2.07. The van der Waals surface area contributed by atoms with Gasteiger partial charge in [0.15, 0.2) is 23.0 Å². The maximum absolute atomic E-state index is 13.2. The van der Waals surface area contributed by atoms with Gasteiger partial charge in [-0.3, -0.25) is 9.59 Å². The van der Waals surface area contributed by atoms with Crippen molar-refractivity contribution in [1.29, 1.82) is 0 Å². The van der Waals surface area contributed by atoms with Gasteiger partial charge in [-0.15, -0.1) is 11.3 Å². The molecular weight excluding hydrogens is 494 g/mol. The van der Waals surface area contributed by atoms with Crippen molar-refractivity contribution in [3.63, 3.8) is 0 Å². The van der Waals surface area contributed by atoms with E-state index in [9.17, 15) is 9.59 Å². The number of aromatic nitrogens is 1. The lowest BCUT2D eigenvalue weighted by atomic mass is 10.1. The Morgan fingerprint density at radius 3 is 2.65 bits per heavy atom. The fourth-order valence-electron chi connectivity index (χ4n) is 3.87. The molecule has 1 aliphatic heterocycles. The minimum absolute atomic E-state index is 0.103. The lowest BCUT2D eigenvalue weighted by Crippen LogP contribution is -2.32. The molecule has 190 valence electrons. The van der Waals surface area contributed by atoms with E-state index < -0.39 is 0 Å². The Morgan fingerprint density at radius 1 is 1.05 bits per heavy atom. The second kappa shape index (κ2) is 11.2. The van der Waals surface area contributed by atoms with Gasteiger partial charge < -0.3 is 29.0 Å². The van der Waals surface area contributed by atoms with Gasteiger partial charge in [-0.2, -0.15) is 0 Å². The molecule has 9 nitrogen and oxygen atoms in total. The number of rotatable bonds is 10. The van der Waals surface area contributed by atoms with Gasteiger partial charge in [-0.05, 0) is 53.3 Å². The number of ether oxygens (including phenoxy) is 3. The Balaban J connectivity index is 1.22. The molecule has 0 radical (unpaired) electrons. The Labute approximate surface area is 217 Å². The Hall–Kier alpha value is -4.31. The standard InChI is InChI=1S/C27H25N3O6S/c1-33-20-7-4-18(5-8-20)10-11-30(27(32)25-3-2-12-37-25)16-21-14-22(29-36-21)26(31)28-15-19-6-9-23-24(13-19)35-17-34-23/h2-9,12-14H,10-11,15-17H2,1H3,(H,28,31).